The molecule has 1 saturated heterocycles. The largest absolute Gasteiger partial charge is 0.369 e. The van der Waals surface area contributed by atoms with Gasteiger partial charge in [-0.3, -0.25) is 14.3 Å². The van der Waals surface area contributed by atoms with Crippen molar-refractivity contribution in [3.63, 3.8) is 0 Å². The number of piperidine rings is 1. The molecule has 6 rings (SSSR count). The number of fused-ring (bicyclic) bond motifs is 4. The number of carbonyl (C=O) groups is 1. The molecule has 40 heavy (non-hydrogen) atoms. The molecule has 2 unspecified atom stereocenters. The second-order valence-electron chi connectivity index (χ2n) is 11.2. The maximum atomic E-state index is 13.5. The topological polar surface area (TPSA) is 101 Å². The van der Waals surface area contributed by atoms with Crippen LogP contribution < -0.4 is 20.5 Å². The van der Waals surface area contributed by atoms with Crippen molar-refractivity contribution < 1.29 is 13.2 Å². The minimum absolute atomic E-state index is 0.0175. The van der Waals surface area contributed by atoms with E-state index in [0.29, 0.717) is 41.6 Å². The predicted octanol–water partition coefficient (Wildman–Crippen LogP) is 4.99. The van der Waals surface area contributed by atoms with Crippen molar-refractivity contribution in [1.82, 2.24) is 9.88 Å². The lowest BCUT2D eigenvalue weighted by molar-refractivity contribution is 0.0927. The highest BCUT2D eigenvalue weighted by Crippen LogP contribution is 2.40. The first kappa shape index (κ1) is 26.9. The van der Waals surface area contributed by atoms with Gasteiger partial charge in [-0.05, 0) is 67.6 Å². The van der Waals surface area contributed by atoms with E-state index in [0.717, 1.165) is 37.8 Å². The summed E-state index contributed by atoms with van der Waals surface area (Å²) in [6.45, 7) is 1.95. The molecule has 2 aliphatic heterocycles. The maximum Gasteiger partial charge on any atom is 0.262 e. The van der Waals surface area contributed by atoms with Gasteiger partial charge in [0, 0.05) is 53.9 Å². The molecule has 210 valence electrons. The van der Waals surface area contributed by atoms with Crippen LogP contribution in [0, 0.1) is 5.92 Å². The van der Waals surface area contributed by atoms with Gasteiger partial charge < -0.3 is 14.8 Å². The van der Waals surface area contributed by atoms with Gasteiger partial charge in [0.25, 0.3) is 21.5 Å². The molecule has 1 saturated carbocycles. The van der Waals surface area contributed by atoms with Gasteiger partial charge in [0.1, 0.15) is 0 Å². The minimum atomic E-state index is -3.98. The summed E-state index contributed by atoms with van der Waals surface area (Å²) in [5, 5.41) is 3.45. The first-order valence-electron chi connectivity index (χ1n) is 13.9. The Kier molecular flexibility index (Phi) is 7.35. The number of hydrogen-bond acceptors (Lipinski definition) is 5. The Morgan fingerprint density at radius 2 is 1.73 bits per heavy atom. The quantitative estimate of drug-likeness (QED) is 0.428. The van der Waals surface area contributed by atoms with E-state index in [1.807, 2.05) is 16.7 Å². The van der Waals surface area contributed by atoms with Crippen molar-refractivity contribution >= 4 is 38.9 Å². The van der Waals surface area contributed by atoms with Crippen molar-refractivity contribution in [2.24, 2.45) is 5.92 Å². The average molecular weight is 581 g/mol. The van der Waals surface area contributed by atoms with E-state index in [1.165, 1.54) is 18.6 Å². The van der Waals surface area contributed by atoms with Crippen LogP contribution in [-0.2, 0) is 16.6 Å². The molecule has 2 atom stereocenters. The molecule has 3 aromatic rings. The molecular weight excluding hydrogens is 548 g/mol. The van der Waals surface area contributed by atoms with E-state index in [1.54, 1.807) is 36.4 Å². The summed E-state index contributed by atoms with van der Waals surface area (Å²) in [4.78, 5) is 27.9. The molecule has 2 bridgehead atoms. The Bertz CT molecular complexity index is 1600. The Balaban J connectivity index is 1.34. The number of carbonyl (C=O) groups excluding carboxylic acids is 1. The summed E-state index contributed by atoms with van der Waals surface area (Å²) in [7, 11) is -3.98. The molecule has 3 heterocycles. The lowest BCUT2D eigenvalue weighted by atomic mass is 9.83. The minimum Gasteiger partial charge on any atom is -0.369 e. The number of halogens is 1. The number of nitrogens with one attached hydrogen (secondary N) is 2. The van der Waals surface area contributed by atoms with Crippen LogP contribution in [0.2, 0.25) is 5.02 Å². The highest BCUT2D eigenvalue weighted by Gasteiger charge is 2.35. The number of nitrogens with zero attached hydrogens (tertiary/aromatic N) is 2. The summed E-state index contributed by atoms with van der Waals surface area (Å²) in [5.41, 5.74) is 2.50. The zero-order valence-electron chi connectivity index (χ0n) is 22.2. The first-order valence-corrected chi connectivity index (χ1v) is 15.8. The van der Waals surface area contributed by atoms with Crippen molar-refractivity contribution in [1.29, 1.82) is 0 Å². The number of aromatic nitrogens is 1. The van der Waals surface area contributed by atoms with Crippen molar-refractivity contribution in [2.75, 3.05) is 22.7 Å². The van der Waals surface area contributed by atoms with Crippen LogP contribution in [0.5, 0.6) is 0 Å². The molecule has 2 N–H and O–H groups in total. The van der Waals surface area contributed by atoms with Gasteiger partial charge in [0.2, 0.25) is 0 Å². The second-order valence-corrected chi connectivity index (χ2v) is 13.3. The van der Waals surface area contributed by atoms with Crippen LogP contribution in [0.25, 0.3) is 0 Å². The average Bonchev–Trinajstić information content (AvgIpc) is 2.94. The first-order chi connectivity index (χ1) is 19.3. The van der Waals surface area contributed by atoms with Gasteiger partial charge in [0.05, 0.1) is 16.3 Å². The Hall–Kier alpha value is -3.30. The van der Waals surface area contributed by atoms with Crippen LogP contribution in [0.15, 0.2) is 70.4 Å². The number of rotatable bonds is 6. The molecule has 2 aromatic carbocycles. The van der Waals surface area contributed by atoms with Gasteiger partial charge in [-0.2, -0.15) is 0 Å². The number of sulfonamides is 1. The fourth-order valence-electron chi connectivity index (χ4n) is 6.48. The third-order valence-electron chi connectivity index (χ3n) is 8.37. The van der Waals surface area contributed by atoms with E-state index in [2.05, 4.69) is 14.9 Å². The lowest BCUT2D eigenvalue weighted by Crippen LogP contribution is -2.47. The summed E-state index contributed by atoms with van der Waals surface area (Å²) >= 11 is 6.10. The summed E-state index contributed by atoms with van der Waals surface area (Å²) in [6.07, 6.45) is 6.28. The van der Waals surface area contributed by atoms with Crippen molar-refractivity contribution in [3.05, 3.63) is 87.3 Å². The molecule has 10 heteroatoms. The van der Waals surface area contributed by atoms with E-state index in [4.69, 9.17) is 11.6 Å². The van der Waals surface area contributed by atoms with E-state index in [-0.39, 0.29) is 34.2 Å². The van der Waals surface area contributed by atoms with Gasteiger partial charge in [-0.25, -0.2) is 8.42 Å². The molecule has 0 spiro atoms. The molecular formula is C30H33ClN4O4S. The third kappa shape index (κ3) is 5.49. The van der Waals surface area contributed by atoms with Crippen LogP contribution in [0.1, 0.15) is 60.5 Å². The highest BCUT2D eigenvalue weighted by atomic mass is 35.5. The molecule has 1 amide bonds. The molecule has 1 aliphatic carbocycles. The van der Waals surface area contributed by atoms with Crippen LogP contribution in [-0.4, -0.2) is 38.0 Å². The normalized spacial score (nSPS) is 21.0. The zero-order chi connectivity index (χ0) is 27.9. The Labute approximate surface area is 239 Å². The van der Waals surface area contributed by atoms with Gasteiger partial charge >= 0.3 is 0 Å². The van der Waals surface area contributed by atoms with E-state index >= 15 is 0 Å². The Morgan fingerprint density at radius 3 is 2.52 bits per heavy atom. The molecule has 8 nitrogen and oxygen atoms in total. The molecule has 3 aliphatic rings. The SMILES string of the molecule is O=C(NC1CCCCC1)c1ccc(N2CC3CC(C2)c2cccc(=O)n2C3)c(NS(=O)(=O)c2cccc(Cl)c2)c1. The molecule has 1 aromatic heterocycles. The monoisotopic (exact) mass is 580 g/mol. The fraction of sp³-hybridized carbons (Fsp3) is 0.400. The van der Waals surface area contributed by atoms with Crippen LogP contribution in [0.4, 0.5) is 11.4 Å². The molecule has 2 fully saturated rings. The van der Waals surface area contributed by atoms with Crippen molar-refractivity contribution in [2.45, 2.75) is 61.9 Å². The second kappa shape index (κ2) is 10.9. The van der Waals surface area contributed by atoms with E-state index in [9.17, 15) is 18.0 Å². The molecule has 0 radical (unpaired) electrons. The van der Waals surface area contributed by atoms with Gasteiger partial charge in [-0.15, -0.1) is 0 Å². The standard InChI is InChI=1S/C30H33ClN4O4S/c31-23-6-4-9-25(16-23)40(38,39)33-26-15-21(30(37)32-24-7-2-1-3-8-24)12-13-28(26)34-17-20-14-22(19-34)27-10-5-11-29(36)35(27)18-20/h4-6,9-13,15-16,20,22,24,33H,1-3,7-8,14,17-19H2,(H,32,37). The number of hydrogen-bond donors (Lipinski definition) is 2. The predicted molar refractivity (Wildman–Crippen MR) is 157 cm³/mol. The summed E-state index contributed by atoms with van der Waals surface area (Å²) < 4.78 is 31.5. The maximum absolute atomic E-state index is 13.5. The number of anilines is 2. The number of benzene rings is 2. The van der Waals surface area contributed by atoms with Gasteiger partial charge in [-0.1, -0.05) is 43.0 Å². The number of amides is 1. The Morgan fingerprint density at radius 1 is 0.925 bits per heavy atom. The van der Waals surface area contributed by atoms with Crippen LogP contribution >= 0.6 is 11.6 Å². The lowest BCUT2D eigenvalue weighted by Gasteiger charge is -2.44. The third-order valence-corrected chi connectivity index (χ3v) is 9.97. The zero-order valence-corrected chi connectivity index (χ0v) is 23.8. The fourth-order valence-corrected chi connectivity index (χ4v) is 7.85. The van der Waals surface area contributed by atoms with Gasteiger partial charge in [0.15, 0.2) is 0 Å². The van der Waals surface area contributed by atoms with Crippen molar-refractivity contribution in [3.8, 4) is 0 Å². The smallest absolute Gasteiger partial charge is 0.262 e. The summed E-state index contributed by atoms with van der Waals surface area (Å²) in [6, 6.07) is 16.9. The van der Waals surface area contributed by atoms with E-state index < -0.39 is 10.0 Å². The number of pyridine rings is 1. The summed E-state index contributed by atoms with van der Waals surface area (Å²) in [5.74, 6) is 0.191. The highest BCUT2D eigenvalue weighted by molar-refractivity contribution is 7.92. The van der Waals surface area contributed by atoms with Crippen LogP contribution in [0.3, 0.4) is 0 Å².